The molecule has 1 aliphatic rings. The number of fused-ring (bicyclic) bond motifs is 1. The van der Waals surface area contributed by atoms with Crippen molar-refractivity contribution in [2.75, 3.05) is 23.1 Å². The number of halogens is 3. The average molecular weight is 576 g/mol. The van der Waals surface area contributed by atoms with Gasteiger partial charge in [-0.15, -0.1) is 0 Å². The van der Waals surface area contributed by atoms with Gasteiger partial charge in [0.2, 0.25) is 11.8 Å². The number of aromatic nitrogens is 1. The number of benzene rings is 2. The second kappa shape index (κ2) is 11.4. The lowest BCUT2D eigenvalue weighted by Gasteiger charge is -2.23. The third-order valence-corrected chi connectivity index (χ3v) is 6.64. The number of carbonyl (C=O) groups is 2. The molecule has 3 aromatic rings. The first-order valence-electron chi connectivity index (χ1n) is 12.4. The molecule has 0 bridgehead atoms. The molecular formula is C28H28ClF2N3O6. The van der Waals surface area contributed by atoms with Crippen molar-refractivity contribution in [2.24, 2.45) is 0 Å². The summed E-state index contributed by atoms with van der Waals surface area (Å²) in [6.07, 6.45) is -0.365. The standard InChI is InChI=1S/C28H28ClF2N3O6/c1-16-10-23(40-14-17-4-5-18(30)11-20(17)31)26(29)27(38)34(16)19-6-7-21-22(12-19)33(25(37)13-28(2,3)39)15-32(21)24(36)8-9-35/h4-7,10-12,35,39H,8-9,13-15H2,1-3H3. The van der Waals surface area contributed by atoms with E-state index in [1.165, 1.54) is 40.3 Å². The minimum atomic E-state index is -1.30. The van der Waals surface area contributed by atoms with Crippen molar-refractivity contribution >= 4 is 34.8 Å². The zero-order chi connectivity index (χ0) is 29.4. The van der Waals surface area contributed by atoms with Crippen LogP contribution in [0.25, 0.3) is 5.69 Å². The zero-order valence-corrected chi connectivity index (χ0v) is 22.8. The molecule has 9 nitrogen and oxygen atoms in total. The van der Waals surface area contributed by atoms with E-state index < -0.39 is 34.6 Å². The van der Waals surface area contributed by atoms with Crippen LogP contribution in [0.1, 0.15) is 37.9 Å². The Hall–Kier alpha value is -3.80. The average Bonchev–Trinajstić information content (AvgIpc) is 3.25. The van der Waals surface area contributed by atoms with Gasteiger partial charge in [-0.2, -0.15) is 0 Å². The molecule has 2 heterocycles. The number of aliphatic hydroxyl groups excluding tert-OH is 1. The van der Waals surface area contributed by atoms with Crippen LogP contribution in [0.4, 0.5) is 20.2 Å². The molecule has 0 saturated heterocycles. The summed E-state index contributed by atoms with van der Waals surface area (Å²) >= 11 is 6.34. The number of hydrogen-bond acceptors (Lipinski definition) is 6. The molecule has 1 aliphatic heterocycles. The second-order valence-electron chi connectivity index (χ2n) is 10.0. The van der Waals surface area contributed by atoms with Gasteiger partial charge in [0.1, 0.15) is 35.7 Å². The van der Waals surface area contributed by atoms with Crippen LogP contribution in [0.2, 0.25) is 5.02 Å². The molecule has 0 spiro atoms. The van der Waals surface area contributed by atoms with Crippen molar-refractivity contribution < 1.29 is 33.3 Å². The third kappa shape index (κ3) is 6.01. The van der Waals surface area contributed by atoms with E-state index in [-0.39, 0.29) is 49.1 Å². The van der Waals surface area contributed by atoms with Gasteiger partial charge < -0.3 is 14.9 Å². The number of pyridine rings is 1. The number of amides is 2. The van der Waals surface area contributed by atoms with Crippen LogP contribution >= 0.6 is 11.6 Å². The monoisotopic (exact) mass is 575 g/mol. The van der Waals surface area contributed by atoms with Crippen molar-refractivity contribution in [3.8, 4) is 11.4 Å². The summed E-state index contributed by atoms with van der Waals surface area (Å²) in [5, 5.41) is 19.2. The summed E-state index contributed by atoms with van der Waals surface area (Å²) < 4.78 is 34.1. The minimum Gasteiger partial charge on any atom is -0.487 e. The Kier molecular flexibility index (Phi) is 8.29. The molecule has 2 aromatic carbocycles. The summed E-state index contributed by atoms with van der Waals surface area (Å²) in [5.41, 5.74) is -0.366. The highest BCUT2D eigenvalue weighted by molar-refractivity contribution is 6.31. The Labute approximate surface area is 233 Å². The van der Waals surface area contributed by atoms with Crippen molar-refractivity contribution in [1.29, 1.82) is 0 Å². The van der Waals surface area contributed by atoms with Crippen LogP contribution in [0.3, 0.4) is 0 Å². The Morgan fingerprint density at radius 1 is 1.05 bits per heavy atom. The van der Waals surface area contributed by atoms with Crippen molar-refractivity contribution in [1.82, 2.24) is 4.57 Å². The molecule has 0 radical (unpaired) electrons. The summed E-state index contributed by atoms with van der Waals surface area (Å²) in [6, 6.07) is 9.27. The number of aliphatic hydroxyl groups is 2. The summed E-state index contributed by atoms with van der Waals surface area (Å²) in [5.74, 6) is -2.36. The number of anilines is 2. The Balaban J connectivity index is 1.71. The minimum absolute atomic E-state index is 0.00746. The van der Waals surface area contributed by atoms with Gasteiger partial charge in [-0.25, -0.2) is 8.78 Å². The normalized spacial score (nSPS) is 13.0. The van der Waals surface area contributed by atoms with Crippen molar-refractivity contribution in [3.05, 3.63) is 80.7 Å². The highest BCUT2D eigenvalue weighted by Crippen LogP contribution is 2.39. The first-order valence-corrected chi connectivity index (χ1v) is 12.8. The lowest BCUT2D eigenvalue weighted by Crippen LogP contribution is -2.41. The molecule has 0 fully saturated rings. The van der Waals surface area contributed by atoms with E-state index in [1.54, 1.807) is 25.1 Å². The maximum atomic E-state index is 14.0. The molecule has 40 heavy (non-hydrogen) atoms. The van der Waals surface area contributed by atoms with Crippen LogP contribution in [0, 0.1) is 18.6 Å². The highest BCUT2D eigenvalue weighted by atomic mass is 35.5. The van der Waals surface area contributed by atoms with Gasteiger partial charge in [0.05, 0.1) is 42.1 Å². The molecule has 212 valence electrons. The highest BCUT2D eigenvalue weighted by Gasteiger charge is 2.35. The summed E-state index contributed by atoms with van der Waals surface area (Å²) in [7, 11) is 0. The lowest BCUT2D eigenvalue weighted by molar-refractivity contribution is -0.122. The van der Waals surface area contributed by atoms with Gasteiger partial charge in [0.25, 0.3) is 5.56 Å². The van der Waals surface area contributed by atoms with Gasteiger partial charge in [-0.3, -0.25) is 28.8 Å². The Morgan fingerprint density at radius 2 is 1.75 bits per heavy atom. The zero-order valence-electron chi connectivity index (χ0n) is 22.1. The lowest BCUT2D eigenvalue weighted by atomic mass is 10.0. The van der Waals surface area contributed by atoms with Crippen molar-refractivity contribution in [2.45, 2.75) is 45.8 Å². The van der Waals surface area contributed by atoms with Crippen LogP contribution in [0.5, 0.6) is 5.75 Å². The summed E-state index contributed by atoms with van der Waals surface area (Å²) in [6.45, 7) is 3.84. The quantitative estimate of drug-likeness (QED) is 0.422. The first-order chi connectivity index (χ1) is 18.8. The second-order valence-corrected chi connectivity index (χ2v) is 10.4. The first kappa shape index (κ1) is 29.2. The van der Waals surface area contributed by atoms with Crippen LogP contribution in [0.15, 0.2) is 47.3 Å². The number of rotatable bonds is 8. The molecule has 2 N–H and O–H groups in total. The number of aryl methyl sites for hydroxylation is 1. The van der Waals surface area contributed by atoms with Gasteiger partial charge in [-0.05, 0) is 51.1 Å². The third-order valence-electron chi connectivity index (χ3n) is 6.29. The van der Waals surface area contributed by atoms with Crippen LogP contribution < -0.4 is 20.1 Å². The Morgan fingerprint density at radius 3 is 2.40 bits per heavy atom. The molecule has 0 atom stereocenters. The smallest absolute Gasteiger partial charge is 0.277 e. The van der Waals surface area contributed by atoms with E-state index in [9.17, 15) is 33.4 Å². The van der Waals surface area contributed by atoms with E-state index in [0.717, 1.165) is 12.1 Å². The molecule has 12 heteroatoms. The SMILES string of the molecule is Cc1cc(OCc2ccc(F)cc2F)c(Cl)c(=O)n1-c1ccc2c(c1)N(C(=O)CC(C)(C)O)CN2C(=O)CCO. The maximum absolute atomic E-state index is 14.0. The van der Waals surface area contributed by atoms with Gasteiger partial charge in [0, 0.05) is 23.4 Å². The predicted molar refractivity (Wildman–Crippen MR) is 145 cm³/mol. The van der Waals surface area contributed by atoms with E-state index in [1.807, 2.05) is 0 Å². The largest absolute Gasteiger partial charge is 0.487 e. The number of nitrogens with zero attached hydrogens (tertiary/aromatic N) is 3. The number of ether oxygens (including phenoxy) is 1. The van der Waals surface area contributed by atoms with Gasteiger partial charge in [0.15, 0.2) is 0 Å². The predicted octanol–water partition coefficient (Wildman–Crippen LogP) is 3.84. The molecule has 1 aromatic heterocycles. The van der Waals surface area contributed by atoms with E-state index >= 15 is 0 Å². The van der Waals surface area contributed by atoms with E-state index in [0.29, 0.717) is 22.8 Å². The molecule has 0 aliphatic carbocycles. The van der Waals surface area contributed by atoms with E-state index in [4.69, 9.17) is 16.3 Å². The number of hydrogen-bond donors (Lipinski definition) is 2. The number of carbonyl (C=O) groups excluding carboxylic acids is 2. The molecule has 0 saturated carbocycles. The molecule has 0 unspecified atom stereocenters. The van der Waals surface area contributed by atoms with Crippen molar-refractivity contribution in [3.63, 3.8) is 0 Å². The topological polar surface area (TPSA) is 112 Å². The van der Waals surface area contributed by atoms with Gasteiger partial charge >= 0.3 is 0 Å². The van der Waals surface area contributed by atoms with E-state index in [2.05, 4.69) is 0 Å². The maximum Gasteiger partial charge on any atom is 0.277 e. The summed E-state index contributed by atoms with van der Waals surface area (Å²) in [4.78, 5) is 41.8. The fraction of sp³-hybridized carbons (Fsp3) is 0.321. The Bertz CT molecular complexity index is 1540. The van der Waals surface area contributed by atoms with Crippen LogP contribution in [-0.2, 0) is 16.2 Å². The molecular weight excluding hydrogens is 548 g/mol. The fourth-order valence-electron chi connectivity index (χ4n) is 4.41. The van der Waals surface area contributed by atoms with Crippen LogP contribution in [-0.4, -0.2) is 45.5 Å². The molecule has 2 amide bonds. The molecule has 4 rings (SSSR count). The van der Waals surface area contributed by atoms with Gasteiger partial charge in [-0.1, -0.05) is 11.6 Å². The fourth-order valence-corrected chi connectivity index (χ4v) is 4.61.